The van der Waals surface area contributed by atoms with Crippen LogP contribution in [0.25, 0.3) is 0 Å². The second-order valence-corrected chi connectivity index (χ2v) is 17.8. The zero-order valence-corrected chi connectivity index (χ0v) is 37.0. The Labute approximate surface area is 359 Å². The molecule has 2 aromatic rings. The van der Waals surface area contributed by atoms with Crippen molar-refractivity contribution in [2.45, 2.75) is 148 Å². The van der Waals surface area contributed by atoms with E-state index in [9.17, 15) is 24.0 Å². The van der Waals surface area contributed by atoms with Crippen LogP contribution in [0.15, 0.2) is 60.7 Å². The number of benzene rings is 2. The summed E-state index contributed by atoms with van der Waals surface area (Å²) in [6, 6.07) is 15.5. The van der Waals surface area contributed by atoms with Gasteiger partial charge in [-0.1, -0.05) is 120 Å². The maximum atomic E-state index is 14.2. The quantitative estimate of drug-likeness (QED) is 0.0628. The predicted molar refractivity (Wildman–Crippen MR) is 235 cm³/mol. The average Bonchev–Trinajstić information content (AvgIpc) is 3.99. The zero-order chi connectivity index (χ0) is 43.3. The Bertz CT molecular complexity index is 1610. The molecule has 0 spiro atoms. The number of morpholine rings is 1. The molecule has 2 aliphatic heterocycles. The number of aryl methyl sites for hydroxylation is 1. The highest BCUT2D eigenvalue weighted by Crippen LogP contribution is 2.30. The highest BCUT2D eigenvalue weighted by molar-refractivity contribution is 5.98. The Hall–Kier alpha value is -4.13. The van der Waals surface area contributed by atoms with Crippen LogP contribution >= 0.6 is 0 Å². The van der Waals surface area contributed by atoms with Crippen molar-refractivity contribution in [1.82, 2.24) is 26.2 Å². The number of hydrogen-bond donors (Lipinski definition) is 4. The first-order valence-electron chi connectivity index (χ1n) is 22.6. The molecule has 2 heterocycles. The number of ketones is 1. The van der Waals surface area contributed by atoms with Crippen LogP contribution in [0.4, 0.5) is 0 Å². The van der Waals surface area contributed by atoms with E-state index in [1.165, 1.54) is 19.3 Å². The van der Waals surface area contributed by atoms with E-state index >= 15 is 0 Å². The highest BCUT2D eigenvalue weighted by Gasteiger charge is 2.50. The molecule has 0 aliphatic carbocycles. The van der Waals surface area contributed by atoms with Gasteiger partial charge in [-0.25, -0.2) is 0 Å². The third-order valence-corrected chi connectivity index (χ3v) is 11.4. The standard InChI is InChI=1S/C48H73N5O7/c1-35(2)31-40(44(55)48(5)34-60-48)50-47(58)42(33-38-21-15-12-16-22-38)52-46(57)41(32-36(3)4)51-45(56)39(25-24-37-19-13-11-14-20-37)49-43(54)23-17-9-7-6-8-10-18-26-53-27-29-59-30-28-53/h11-16,19-22,35-36,39-42H,6-10,17-18,23-34H2,1-5H3,(H,49,54)(H,50,58)(H,51,56)(H,52,57)/t39-,40?,41?,42-,48-/m0/s1. The lowest BCUT2D eigenvalue weighted by Gasteiger charge is -2.28. The second-order valence-electron chi connectivity index (χ2n) is 17.8. The van der Waals surface area contributed by atoms with E-state index in [1.54, 1.807) is 6.92 Å². The van der Waals surface area contributed by atoms with Crippen molar-refractivity contribution in [3.8, 4) is 0 Å². The lowest BCUT2D eigenvalue weighted by molar-refractivity contribution is -0.135. The van der Waals surface area contributed by atoms with Crippen molar-refractivity contribution in [1.29, 1.82) is 0 Å². The van der Waals surface area contributed by atoms with Gasteiger partial charge in [0.15, 0.2) is 5.78 Å². The van der Waals surface area contributed by atoms with Crippen LogP contribution in [-0.4, -0.2) is 104 Å². The summed E-state index contributed by atoms with van der Waals surface area (Å²) in [6.45, 7) is 14.8. The van der Waals surface area contributed by atoms with Gasteiger partial charge >= 0.3 is 0 Å². The number of rotatable bonds is 28. The molecule has 4 amide bonds. The highest BCUT2D eigenvalue weighted by atomic mass is 16.6. The summed E-state index contributed by atoms with van der Waals surface area (Å²) in [5.41, 5.74) is 0.944. The molecule has 0 bridgehead atoms. The minimum Gasteiger partial charge on any atom is -0.379 e. The normalized spacial score (nSPS) is 18.6. The van der Waals surface area contributed by atoms with Crippen LogP contribution in [0, 0.1) is 11.8 Å². The fourth-order valence-corrected chi connectivity index (χ4v) is 7.72. The van der Waals surface area contributed by atoms with E-state index in [0.29, 0.717) is 38.7 Å². The Morgan fingerprint density at radius 1 is 0.633 bits per heavy atom. The Morgan fingerprint density at radius 3 is 1.73 bits per heavy atom. The van der Waals surface area contributed by atoms with Gasteiger partial charge in [-0.3, -0.25) is 28.9 Å². The summed E-state index contributed by atoms with van der Waals surface area (Å²) in [5, 5.41) is 11.8. The Kier molecular flexibility index (Phi) is 20.7. The van der Waals surface area contributed by atoms with Crippen LogP contribution in [-0.2, 0) is 46.3 Å². The first kappa shape index (κ1) is 48.5. The summed E-state index contributed by atoms with van der Waals surface area (Å²) in [6.07, 6.45) is 9.67. The lowest BCUT2D eigenvalue weighted by atomic mass is 9.93. The van der Waals surface area contributed by atoms with Crippen molar-refractivity contribution in [3.63, 3.8) is 0 Å². The second kappa shape index (κ2) is 25.6. The maximum absolute atomic E-state index is 14.2. The topological polar surface area (TPSA) is 158 Å². The smallest absolute Gasteiger partial charge is 0.243 e. The summed E-state index contributed by atoms with van der Waals surface area (Å²) < 4.78 is 10.9. The largest absolute Gasteiger partial charge is 0.379 e. The molecule has 60 heavy (non-hydrogen) atoms. The molecule has 4 N–H and O–H groups in total. The molecule has 2 aromatic carbocycles. The van der Waals surface area contributed by atoms with Gasteiger partial charge in [0.25, 0.3) is 0 Å². The van der Waals surface area contributed by atoms with Gasteiger partial charge in [-0.2, -0.15) is 0 Å². The SMILES string of the molecule is CC(C)CC(NC(=O)[C@H](CCc1ccccc1)NC(=O)CCCCCCCCCN1CCOCC1)C(=O)N[C@@H](Cc1ccccc1)C(=O)NC(CC(C)C)C(=O)[C@]1(C)CO1. The first-order valence-corrected chi connectivity index (χ1v) is 22.6. The third-order valence-electron chi connectivity index (χ3n) is 11.4. The summed E-state index contributed by atoms with van der Waals surface area (Å²) in [7, 11) is 0. The molecule has 0 saturated carbocycles. The van der Waals surface area contributed by atoms with Gasteiger partial charge in [0.1, 0.15) is 23.7 Å². The lowest BCUT2D eigenvalue weighted by Crippen LogP contribution is -2.59. The molecule has 2 saturated heterocycles. The van der Waals surface area contributed by atoms with Gasteiger partial charge < -0.3 is 30.7 Å². The van der Waals surface area contributed by atoms with E-state index < -0.39 is 47.5 Å². The summed E-state index contributed by atoms with van der Waals surface area (Å²) in [5.74, 6) is -1.66. The molecule has 2 unspecified atom stereocenters. The number of nitrogens with one attached hydrogen (secondary N) is 4. The van der Waals surface area contributed by atoms with Gasteiger partial charge in [0.05, 0.1) is 25.9 Å². The number of Topliss-reactive ketones (excluding diaryl/α,β-unsaturated/α-hetero) is 1. The van der Waals surface area contributed by atoms with E-state index in [2.05, 4.69) is 26.2 Å². The molecule has 332 valence electrons. The molecule has 2 aliphatic rings. The van der Waals surface area contributed by atoms with Crippen LogP contribution < -0.4 is 21.3 Å². The zero-order valence-electron chi connectivity index (χ0n) is 37.0. The monoisotopic (exact) mass is 832 g/mol. The Morgan fingerprint density at radius 2 is 1.13 bits per heavy atom. The summed E-state index contributed by atoms with van der Waals surface area (Å²) in [4.78, 5) is 71.5. The molecular weight excluding hydrogens is 759 g/mol. The minimum atomic E-state index is -1.02. The van der Waals surface area contributed by atoms with E-state index in [4.69, 9.17) is 9.47 Å². The van der Waals surface area contributed by atoms with Crippen LogP contribution in [0.5, 0.6) is 0 Å². The number of nitrogens with zero attached hydrogens (tertiary/aromatic N) is 1. The van der Waals surface area contributed by atoms with E-state index in [0.717, 1.165) is 69.7 Å². The fourth-order valence-electron chi connectivity index (χ4n) is 7.72. The number of carbonyl (C=O) groups excluding carboxylic acids is 5. The number of unbranched alkanes of at least 4 members (excludes halogenated alkanes) is 6. The molecular formula is C48H73N5O7. The number of ether oxygens (including phenoxy) is 2. The molecule has 0 aromatic heterocycles. The molecule has 12 nitrogen and oxygen atoms in total. The first-order chi connectivity index (χ1) is 28.8. The van der Waals surface area contributed by atoms with E-state index in [-0.39, 0.29) is 29.9 Å². The van der Waals surface area contributed by atoms with Crippen molar-refractivity contribution >= 4 is 29.4 Å². The average molecular weight is 832 g/mol. The van der Waals surface area contributed by atoms with Crippen LogP contribution in [0.1, 0.15) is 116 Å². The predicted octanol–water partition coefficient (Wildman–Crippen LogP) is 5.70. The van der Waals surface area contributed by atoms with E-state index in [1.807, 2.05) is 88.4 Å². The number of amides is 4. The molecule has 0 radical (unpaired) electrons. The van der Waals surface area contributed by atoms with Gasteiger partial charge in [0, 0.05) is 25.9 Å². The molecule has 2 fully saturated rings. The number of carbonyl (C=O) groups is 5. The Balaban J connectivity index is 1.37. The van der Waals surface area contributed by atoms with Crippen molar-refractivity contribution in [2.24, 2.45) is 11.8 Å². The van der Waals surface area contributed by atoms with Gasteiger partial charge in [-0.05, 0) is 75.0 Å². The van der Waals surface area contributed by atoms with Gasteiger partial charge in [-0.15, -0.1) is 0 Å². The molecule has 4 rings (SSSR count). The van der Waals surface area contributed by atoms with Gasteiger partial charge in [0.2, 0.25) is 23.6 Å². The third kappa shape index (κ3) is 17.8. The maximum Gasteiger partial charge on any atom is 0.243 e. The number of epoxide rings is 1. The van der Waals surface area contributed by atoms with Crippen molar-refractivity contribution in [2.75, 3.05) is 39.5 Å². The van der Waals surface area contributed by atoms with Crippen LogP contribution in [0.2, 0.25) is 0 Å². The van der Waals surface area contributed by atoms with Crippen molar-refractivity contribution < 1.29 is 33.4 Å². The molecule has 5 atom stereocenters. The fraction of sp³-hybridized carbons (Fsp3) is 0.646. The van der Waals surface area contributed by atoms with Crippen LogP contribution in [0.3, 0.4) is 0 Å². The minimum absolute atomic E-state index is 0.0249. The summed E-state index contributed by atoms with van der Waals surface area (Å²) >= 11 is 0. The van der Waals surface area contributed by atoms with Crippen molar-refractivity contribution in [3.05, 3.63) is 71.8 Å². The number of hydrogen-bond acceptors (Lipinski definition) is 8. The molecule has 12 heteroatoms.